The average molecular weight is 528 g/mol. The van der Waals surface area contributed by atoms with Gasteiger partial charge in [-0.25, -0.2) is 0 Å². The predicted molar refractivity (Wildman–Crippen MR) is 128 cm³/mol. The van der Waals surface area contributed by atoms with Crippen molar-refractivity contribution < 1.29 is 10.9 Å². The normalized spacial score (nSPS) is 11.8. The summed E-state index contributed by atoms with van der Waals surface area (Å²) in [5.74, 6) is 0. The van der Waals surface area contributed by atoms with Crippen LogP contribution in [0.4, 0.5) is 0 Å². The summed E-state index contributed by atoms with van der Waals surface area (Å²) in [6.07, 6.45) is 0.758. The molecule has 0 bridgehead atoms. The standard InChI is InChI=1S/C25H21IO3S/c27-30(28,25-18-16-22(17-19-25)20-21-10-4-1-5-11-21)29-26(23-12-6-2-7-13-23)24-14-8-3-9-15-24/h1-19H,20H2. The molecule has 0 aliphatic rings. The van der Waals surface area contributed by atoms with Crippen LogP contribution in [0, 0.1) is 7.14 Å². The Kier molecular flexibility index (Phi) is 6.62. The van der Waals surface area contributed by atoms with Crippen molar-refractivity contribution in [2.45, 2.75) is 11.3 Å². The van der Waals surface area contributed by atoms with Gasteiger partial charge in [-0.2, -0.15) is 0 Å². The fraction of sp³-hybridized carbons (Fsp3) is 0.0400. The molecule has 3 nitrogen and oxygen atoms in total. The van der Waals surface area contributed by atoms with Gasteiger partial charge < -0.3 is 0 Å². The van der Waals surface area contributed by atoms with Gasteiger partial charge in [0.2, 0.25) is 0 Å². The Balaban J connectivity index is 1.58. The number of hydrogen-bond donors (Lipinski definition) is 0. The van der Waals surface area contributed by atoms with E-state index in [1.807, 2.05) is 91.0 Å². The first kappa shape index (κ1) is 20.8. The van der Waals surface area contributed by atoms with Gasteiger partial charge in [0.05, 0.1) is 0 Å². The van der Waals surface area contributed by atoms with Crippen molar-refractivity contribution in [2.75, 3.05) is 0 Å². The van der Waals surface area contributed by atoms with Crippen molar-refractivity contribution in [1.29, 1.82) is 0 Å². The van der Waals surface area contributed by atoms with Crippen molar-refractivity contribution >= 4 is 30.4 Å². The van der Waals surface area contributed by atoms with Gasteiger partial charge in [-0.3, -0.25) is 0 Å². The van der Waals surface area contributed by atoms with Crippen molar-refractivity contribution in [3.8, 4) is 0 Å². The van der Waals surface area contributed by atoms with E-state index in [0.29, 0.717) is 0 Å². The molecule has 0 amide bonds. The summed E-state index contributed by atoms with van der Waals surface area (Å²) < 4.78 is 33.9. The fourth-order valence-corrected chi connectivity index (χ4v) is 9.98. The molecule has 0 atom stereocenters. The summed E-state index contributed by atoms with van der Waals surface area (Å²) in [6, 6.07) is 36.3. The Hall–Kier alpha value is -2.48. The van der Waals surface area contributed by atoms with Crippen LogP contribution in [-0.4, -0.2) is 8.42 Å². The predicted octanol–water partition coefficient (Wildman–Crippen LogP) is 6.14. The first-order chi connectivity index (χ1) is 14.6. The molecule has 0 radical (unpaired) electrons. The second kappa shape index (κ2) is 9.55. The van der Waals surface area contributed by atoms with Crippen LogP contribution in [0.25, 0.3) is 0 Å². The van der Waals surface area contributed by atoms with Crippen molar-refractivity contribution in [2.24, 2.45) is 0 Å². The zero-order chi connectivity index (χ0) is 20.8. The van der Waals surface area contributed by atoms with Crippen LogP contribution in [0.15, 0.2) is 120 Å². The Morgan fingerprint density at radius 3 is 1.50 bits per heavy atom. The summed E-state index contributed by atoms with van der Waals surface area (Å²) in [4.78, 5) is 0.188. The van der Waals surface area contributed by atoms with Crippen molar-refractivity contribution in [1.82, 2.24) is 0 Å². The van der Waals surface area contributed by atoms with Crippen LogP contribution in [0.2, 0.25) is 0 Å². The number of rotatable bonds is 7. The van der Waals surface area contributed by atoms with Gasteiger partial charge in [-0.15, -0.1) is 0 Å². The first-order valence-corrected chi connectivity index (χ1v) is 13.9. The molecule has 5 heteroatoms. The third-order valence-corrected chi connectivity index (χ3v) is 11.8. The Morgan fingerprint density at radius 1 is 0.567 bits per heavy atom. The number of hydrogen-bond acceptors (Lipinski definition) is 3. The van der Waals surface area contributed by atoms with E-state index < -0.39 is 30.4 Å². The molecule has 0 heterocycles. The average Bonchev–Trinajstić information content (AvgIpc) is 2.80. The zero-order valence-electron chi connectivity index (χ0n) is 16.2. The minimum absolute atomic E-state index is 0.188. The Labute approximate surface area is 185 Å². The van der Waals surface area contributed by atoms with E-state index >= 15 is 0 Å². The molecule has 152 valence electrons. The van der Waals surface area contributed by atoms with E-state index in [1.165, 1.54) is 5.56 Å². The molecule has 30 heavy (non-hydrogen) atoms. The maximum atomic E-state index is 13.1. The molecule has 0 saturated carbocycles. The van der Waals surface area contributed by atoms with E-state index in [-0.39, 0.29) is 4.90 Å². The summed E-state index contributed by atoms with van der Waals surface area (Å²) in [6.45, 7) is 0. The van der Waals surface area contributed by atoms with Gasteiger partial charge in [-0.1, -0.05) is 0 Å². The van der Waals surface area contributed by atoms with Gasteiger partial charge in [0.15, 0.2) is 0 Å². The number of halogens is 1. The molecule has 0 aliphatic carbocycles. The molecule has 0 N–H and O–H groups in total. The molecule has 0 aliphatic heterocycles. The third kappa shape index (κ3) is 5.16. The summed E-state index contributed by atoms with van der Waals surface area (Å²) in [7, 11) is -3.88. The second-order valence-corrected chi connectivity index (χ2v) is 13.2. The molecular formula is C25H21IO3S. The number of benzene rings is 4. The molecule has 0 spiro atoms. The van der Waals surface area contributed by atoms with Crippen LogP contribution in [0.3, 0.4) is 0 Å². The quantitative estimate of drug-likeness (QED) is 0.271. The Morgan fingerprint density at radius 2 is 1.00 bits per heavy atom. The third-order valence-electron chi connectivity index (χ3n) is 4.47. The van der Waals surface area contributed by atoms with Gasteiger partial charge in [0, 0.05) is 0 Å². The van der Waals surface area contributed by atoms with Gasteiger partial charge >= 0.3 is 186 Å². The van der Waals surface area contributed by atoms with Gasteiger partial charge in [0.1, 0.15) is 0 Å². The van der Waals surface area contributed by atoms with E-state index in [1.54, 1.807) is 12.1 Å². The van der Waals surface area contributed by atoms with Crippen molar-refractivity contribution in [3.05, 3.63) is 134 Å². The minimum atomic E-state index is -3.88. The second-order valence-electron chi connectivity index (χ2n) is 6.66. The van der Waals surface area contributed by atoms with E-state index in [4.69, 9.17) is 2.51 Å². The topological polar surface area (TPSA) is 43.4 Å². The Bertz CT molecular complexity index is 1140. The fourth-order valence-electron chi connectivity index (χ4n) is 2.98. The SMILES string of the molecule is O=S(=O)(OI(c1ccccc1)c1ccccc1)c1ccc(Cc2ccccc2)cc1. The van der Waals surface area contributed by atoms with Crippen LogP contribution >= 0.6 is 20.2 Å². The summed E-state index contributed by atoms with van der Waals surface area (Å²) in [5, 5.41) is 0. The summed E-state index contributed by atoms with van der Waals surface area (Å²) >= 11 is -2.62. The summed E-state index contributed by atoms with van der Waals surface area (Å²) in [5.41, 5.74) is 2.24. The molecule has 0 unspecified atom stereocenters. The van der Waals surface area contributed by atoms with Gasteiger partial charge in [0.25, 0.3) is 0 Å². The zero-order valence-corrected chi connectivity index (χ0v) is 19.2. The molecule has 4 aromatic rings. The molecule has 0 saturated heterocycles. The van der Waals surface area contributed by atoms with E-state index in [0.717, 1.165) is 19.1 Å². The van der Waals surface area contributed by atoms with Crippen LogP contribution in [0.5, 0.6) is 0 Å². The van der Waals surface area contributed by atoms with Crippen LogP contribution < -0.4 is 0 Å². The maximum absolute atomic E-state index is 13.1. The van der Waals surface area contributed by atoms with E-state index in [9.17, 15) is 8.42 Å². The molecule has 4 aromatic carbocycles. The van der Waals surface area contributed by atoms with Crippen LogP contribution in [-0.2, 0) is 19.1 Å². The first-order valence-electron chi connectivity index (χ1n) is 9.50. The molecule has 0 fully saturated rings. The van der Waals surface area contributed by atoms with E-state index in [2.05, 4.69) is 12.1 Å². The monoisotopic (exact) mass is 528 g/mol. The molecule has 0 aromatic heterocycles. The molecule has 4 rings (SSSR count). The molecular weight excluding hydrogens is 507 g/mol. The van der Waals surface area contributed by atoms with Crippen molar-refractivity contribution in [3.63, 3.8) is 0 Å². The van der Waals surface area contributed by atoms with Gasteiger partial charge in [-0.05, 0) is 0 Å². The van der Waals surface area contributed by atoms with Crippen LogP contribution in [0.1, 0.15) is 11.1 Å².